The molecule has 19 heavy (non-hydrogen) atoms. The van der Waals surface area contributed by atoms with Gasteiger partial charge in [-0.3, -0.25) is 0 Å². The summed E-state index contributed by atoms with van der Waals surface area (Å²) in [5.74, 6) is 0. The second-order valence-corrected chi connectivity index (χ2v) is 6.04. The maximum atomic E-state index is 12.5. The van der Waals surface area contributed by atoms with Gasteiger partial charge in [0.05, 0.1) is 6.61 Å². The second-order valence-electron chi connectivity index (χ2n) is 3.92. The lowest BCUT2D eigenvalue weighted by atomic mass is 9.97. The summed E-state index contributed by atoms with van der Waals surface area (Å²) in [6, 6.07) is -2.48. The summed E-state index contributed by atoms with van der Waals surface area (Å²) < 4.78 is 64.4. The Hall–Kier alpha value is -0.500. The minimum absolute atomic E-state index is 1.14. The first-order chi connectivity index (χ1) is 8.41. The molecule has 0 aromatic rings. The van der Waals surface area contributed by atoms with Crippen molar-refractivity contribution in [1.82, 2.24) is 0 Å². The molecule has 0 aromatic heterocycles. The molecule has 12 heteroatoms. The normalized spacial score (nSPS) is 41.3. The molecular weight excluding hydrogens is 299 g/mol. The van der Waals surface area contributed by atoms with E-state index >= 15 is 0 Å². The van der Waals surface area contributed by atoms with E-state index in [1.165, 1.54) is 0 Å². The van der Waals surface area contributed by atoms with Crippen LogP contribution >= 0.6 is 0 Å². The lowest BCUT2D eigenvalue weighted by molar-refractivity contribution is -0.262. The van der Waals surface area contributed by atoms with Gasteiger partial charge >= 0.3 is 5.51 Å². The van der Waals surface area contributed by atoms with Crippen LogP contribution in [0.4, 0.5) is 13.2 Å². The molecule has 1 aliphatic rings. The molecule has 0 radical (unpaired) electrons. The van der Waals surface area contributed by atoms with Gasteiger partial charge in [-0.1, -0.05) is 0 Å². The van der Waals surface area contributed by atoms with Crippen LogP contribution in [-0.4, -0.2) is 70.4 Å². The number of ether oxygens (including phenoxy) is 1. The van der Waals surface area contributed by atoms with Gasteiger partial charge in [0.25, 0.3) is 9.84 Å². The van der Waals surface area contributed by atoms with E-state index in [9.17, 15) is 36.9 Å². The zero-order valence-electron chi connectivity index (χ0n) is 9.15. The van der Waals surface area contributed by atoms with Crippen molar-refractivity contribution in [3.63, 3.8) is 0 Å². The summed E-state index contributed by atoms with van der Waals surface area (Å²) in [6.45, 7) is -1.14. The lowest BCUT2D eigenvalue weighted by Crippen LogP contribution is -2.74. The standard InChI is InChI=1S/C7H12F3NO7S/c8-7(9,10)19(16,17)6(15)3(11)5(14)18-2(1-12)4(6)13/h2-5,12-15H,1,11H2/t2-,3+,4-,5?,6+/m1/s1. The molecule has 1 fully saturated rings. The van der Waals surface area contributed by atoms with Crippen molar-refractivity contribution in [2.75, 3.05) is 6.61 Å². The zero-order chi connectivity index (χ0) is 15.2. The van der Waals surface area contributed by atoms with E-state index < -0.39 is 51.4 Å². The van der Waals surface area contributed by atoms with E-state index in [2.05, 4.69) is 4.74 Å². The van der Waals surface area contributed by atoms with Crippen LogP contribution in [0.3, 0.4) is 0 Å². The Bertz CT molecular complexity index is 440. The van der Waals surface area contributed by atoms with E-state index in [0.29, 0.717) is 0 Å². The number of hydrogen-bond donors (Lipinski definition) is 5. The smallest absolute Gasteiger partial charge is 0.394 e. The predicted molar refractivity (Wildman–Crippen MR) is 51.9 cm³/mol. The predicted octanol–water partition coefficient (Wildman–Crippen LogP) is -2.99. The SMILES string of the molecule is N[C@H]1C(O)O[C@H](CO)[C@@H](O)[C@@]1(O)S(=O)(=O)C(F)(F)F. The van der Waals surface area contributed by atoms with Crippen molar-refractivity contribution in [3.8, 4) is 0 Å². The van der Waals surface area contributed by atoms with Gasteiger partial charge in [-0.15, -0.1) is 0 Å². The van der Waals surface area contributed by atoms with E-state index in [0.717, 1.165) is 0 Å². The van der Waals surface area contributed by atoms with E-state index in [1.807, 2.05) is 0 Å². The van der Waals surface area contributed by atoms with Crippen LogP contribution in [0, 0.1) is 0 Å². The molecule has 6 N–H and O–H groups in total. The van der Waals surface area contributed by atoms with Gasteiger partial charge in [0.2, 0.25) is 4.93 Å². The molecule has 114 valence electrons. The Morgan fingerprint density at radius 3 is 2.16 bits per heavy atom. The van der Waals surface area contributed by atoms with Crippen LogP contribution in [-0.2, 0) is 14.6 Å². The fourth-order valence-electron chi connectivity index (χ4n) is 1.67. The van der Waals surface area contributed by atoms with Crippen LogP contribution in [0.5, 0.6) is 0 Å². The summed E-state index contributed by atoms with van der Waals surface area (Å²) >= 11 is 0. The fourth-order valence-corrected chi connectivity index (χ4v) is 2.99. The molecule has 1 unspecified atom stereocenters. The van der Waals surface area contributed by atoms with Crippen LogP contribution in [0.25, 0.3) is 0 Å². The Labute approximate surface area is 105 Å². The highest BCUT2D eigenvalue weighted by molar-refractivity contribution is 7.93. The van der Waals surface area contributed by atoms with Gasteiger partial charge in [0, 0.05) is 0 Å². The first-order valence-electron chi connectivity index (χ1n) is 4.82. The highest BCUT2D eigenvalue weighted by atomic mass is 32.2. The summed E-state index contributed by atoms with van der Waals surface area (Å²) in [5.41, 5.74) is -0.918. The molecule has 0 aliphatic carbocycles. The minimum atomic E-state index is -6.34. The molecule has 1 aliphatic heterocycles. The summed E-state index contributed by atoms with van der Waals surface area (Å²) in [5, 5.41) is 37.1. The van der Waals surface area contributed by atoms with Crippen molar-refractivity contribution in [1.29, 1.82) is 0 Å². The molecule has 0 spiro atoms. The highest BCUT2D eigenvalue weighted by Crippen LogP contribution is 2.40. The Morgan fingerprint density at radius 2 is 1.79 bits per heavy atom. The second kappa shape index (κ2) is 4.80. The maximum absolute atomic E-state index is 12.5. The van der Waals surface area contributed by atoms with Crippen LogP contribution in [0.1, 0.15) is 0 Å². The molecule has 0 amide bonds. The average Bonchev–Trinajstić information content (AvgIpc) is 2.29. The van der Waals surface area contributed by atoms with E-state index in [-0.39, 0.29) is 0 Å². The number of aliphatic hydroxyl groups is 4. The molecule has 1 saturated heterocycles. The van der Waals surface area contributed by atoms with Crippen molar-refractivity contribution in [3.05, 3.63) is 0 Å². The number of nitrogens with two attached hydrogens (primary N) is 1. The van der Waals surface area contributed by atoms with Crippen LogP contribution in [0.15, 0.2) is 0 Å². The maximum Gasteiger partial charge on any atom is 0.500 e. The first-order valence-corrected chi connectivity index (χ1v) is 6.30. The highest BCUT2D eigenvalue weighted by Gasteiger charge is 2.69. The summed E-state index contributed by atoms with van der Waals surface area (Å²) in [4.78, 5) is -3.93. The molecule has 0 saturated carbocycles. The zero-order valence-corrected chi connectivity index (χ0v) is 9.97. The van der Waals surface area contributed by atoms with Gasteiger partial charge in [0.15, 0.2) is 6.29 Å². The fraction of sp³-hybridized carbons (Fsp3) is 1.00. The number of hydrogen-bond acceptors (Lipinski definition) is 8. The Balaban J connectivity index is 3.40. The van der Waals surface area contributed by atoms with Gasteiger partial charge in [0.1, 0.15) is 18.2 Å². The monoisotopic (exact) mass is 311 g/mol. The molecule has 1 rings (SSSR count). The topological polar surface area (TPSA) is 150 Å². The average molecular weight is 311 g/mol. The van der Waals surface area contributed by atoms with Gasteiger partial charge < -0.3 is 30.9 Å². The third-order valence-corrected chi connectivity index (χ3v) is 4.77. The molecule has 1 heterocycles. The Morgan fingerprint density at radius 1 is 1.32 bits per heavy atom. The van der Waals surface area contributed by atoms with Crippen molar-refractivity contribution >= 4 is 9.84 Å². The molecule has 0 bridgehead atoms. The van der Waals surface area contributed by atoms with E-state index in [4.69, 9.17) is 10.8 Å². The minimum Gasteiger partial charge on any atom is -0.394 e. The van der Waals surface area contributed by atoms with Gasteiger partial charge in [-0.2, -0.15) is 13.2 Å². The van der Waals surface area contributed by atoms with E-state index in [1.54, 1.807) is 0 Å². The lowest BCUT2D eigenvalue weighted by Gasteiger charge is -2.46. The number of alkyl halides is 3. The summed E-state index contributed by atoms with van der Waals surface area (Å²) in [7, 11) is -6.34. The molecule has 5 atom stereocenters. The molecular formula is C7H12F3NO7S. The van der Waals surface area contributed by atoms with Crippen molar-refractivity contribution in [2.24, 2.45) is 5.73 Å². The number of sulfone groups is 1. The summed E-state index contributed by atoms with van der Waals surface area (Å²) in [6.07, 6.45) is -6.96. The number of halogens is 3. The van der Waals surface area contributed by atoms with Crippen molar-refractivity contribution < 1.29 is 46.8 Å². The molecule has 8 nitrogen and oxygen atoms in total. The number of rotatable bonds is 2. The van der Waals surface area contributed by atoms with Crippen LogP contribution < -0.4 is 5.73 Å². The van der Waals surface area contributed by atoms with Crippen molar-refractivity contribution in [2.45, 2.75) is 35.0 Å². The quantitative estimate of drug-likeness (QED) is 0.362. The third kappa shape index (κ3) is 2.22. The van der Waals surface area contributed by atoms with Gasteiger partial charge in [-0.05, 0) is 0 Å². The van der Waals surface area contributed by atoms with Gasteiger partial charge in [-0.25, -0.2) is 8.42 Å². The first kappa shape index (κ1) is 16.6. The largest absolute Gasteiger partial charge is 0.500 e. The molecule has 0 aromatic carbocycles. The van der Waals surface area contributed by atoms with Crippen LogP contribution in [0.2, 0.25) is 0 Å². The number of aliphatic hydroxyl groups excluding tert-OH is 3. The Kier molecular flexibility index (Phi) is 4.18. The third-order valence-electron chi connectivity index (χ3n) is 2.79.